The van der Waals surface area contributed by atoms with Crippen molar-refractivity contribution in [2.24, 2.45) is 5.41 Å². The first kappa shape index (κ1) is 15.0. The van der Waals surface area contributed by atoms with Crippen molar-refractivity contribution >= 4 is 23.5 Å². The summed E-state index contributed by atoms with van der Waals surface area (Å²) in [7, 11) is 0. The zero-order valence-corrected chi connectivity index (χ0v) is 11.6. The standard InChI is InChI=1S/C15H18N2O4/c18-12(9-15(14(20)21)7-4-8-15)16-10-13(19)17-11-5-2-1-3-6-11/h1-3,5-6H,4,7-10H2,(H,16,18)(H,17,19)(H,20,21). The van der Waals surface area contributed by atoms with E-state index in [1.54, 1.807) is 24.3 Å². The van der Waals surface area contributed by atoms with Crippen LogP contribution in [-0.2, 0) is 14.4 Å². The third-order valence-electron chi connectivity index (χ3n) is 3.77. The van der Waals surface area contributed by atoms with E-state index in [2.05, 4.69) is 10.6 Å². The third kappa shape index (κ3) is 3.81. The smallest absolute Gasteiger partial charge is 0.310 e. The molecule has 1 saturated carbocycles. The second-order valence-electron chi connectivity index (χ2n) is 5.31. The molecule has 112 valence electrons. The van der Waals surface area contributed by atoms with Crippen LogP contribution in [0, 0.1) is 5.41 Å². The quantitative estimate of drug-likeness (QED) is 0.737. The lowest BCUT2D eigenvalue weighted by atomic mass is 9.66. The Morgan fingerprint density at radius 3 is 2.29 bits per heavy atom. The zero-order valence-electron chi connectivity index (χ0n) is 11.6. The van der Waals surface area contributed by atoms with E-state index in [-0.39, 0.29) is 18.9 Å². The number of nitrogens with one attached hydrogen (secondary N) is 2. The summed E-state index contributed by atoms with van der Waals surface area (Å²) in [4.78, 5) is 34.6. The Bertz CT molecular complexity index is 538. The Hall–Kier alpha value is -2.37. The van der Waals surface area contributed by atoms with Crippen LogP contribution < -0.4 is 10.6 Å². The van der Waals surface area contributed by atoms with E-state index in [1.807, 2.05) is 6.07 Å². The van der Waals surface area contributed by atoms with E-state index in [4.69, 9.17) is 5.11 Å². The molecule has 0 spiro atoms. The SMILES string of the molecule is O=C(CC1(C(=O)O)CCC1)NCC(=O)Nc1ccccc1. The molecule has 0 heterocycles. The summed E-state index contributed by atoms with van der Waals surface area (Å²) in [6.45, 7) is -0.163. The van der Waals surface area contributed by atoms with Crippen LogP contribution in [0.15, 0.2) is 30.3 Å². The maximum Gasteiger partial charge on any atom is 0.310 e. The number of carbonyl (C=O) groups is 3. The lowest BCUT2D eigenvalue weighted by Gasteiger charge is -2.36. The summed E-state index contributed by atoms with van der Waals surface area (Å²) in [6.07, 6.45) is 1.80. The molecule has 1 aliphatic carbocycles. The second kappa shape index (κ2) is 6.39. The Balaban J connectivity index is 1.76. The maximum absolute atomic E-state index is 11.8. The predicted octanol–water partition coefficient (Wildman–Crippen LogP) is 1.39. The Morgan fingerprint density at radius 1 is 1.10 bits per heavy atom. The molecule has 1 fully saturated rings. The molecule has 0 aromatic heterocycles. The minimum atomic E-state index is -0.933. The highest BCUT2D eigenvalue weighted by Gasteiger charge is 2.45. The van der Waals surface area contributed by atoms with Gasteiger partial charge < -0.3 is 15.7 Å². The molecule has 0 saturated heterocycles. The van der Waals surface area contributed by atoms with Crippen molar-refractivity contribution in [1.29, 1.82) is 0 Å². The van der Waals surface area contributed by atoms with Crippen LogP contribution in [-0.4, -0.2) is 29.4 Å². The molecule has 1 aromatic rings. The molecule has 1 aliphatic rings. The average Bonchev–Trinajstić information content (AvgIpc) is 2.41. The minimum absolute atomic E-state index is 0.0685. The molecule has 1 aromatic carbocycles. The Kier molecular flexibility index (Phi) is 4.57. The number of hydrogen-bond acceptors (Lipinski definition) is 3. The summed E-state index contributed by atoms with van der Waals surface area (Å²) >= 11 is 0. The number of amides is 2. The van der Waals surface area contributed by atoms with Gasteiger partial charge in [0.2, 0.25) is 11.8 Å². The number of carboxylic acid groups (broad SMARTS) is 1. The molecule has 0 radical (unpaired) electrons. The highest BCUT2D eigenvalue weighted by Crippen LogP contribution is 2.44. The molecular weight excluding hydrogens is 272 g/mol. The van der Waals surface area contributed by atoms with E-state index in [1.165, 1.54) is 0 Å². The molecule has 0 aliphatic heterocycles. The fourth-order valence-electron chi connectivity index (χ4n) is 2.35. The first-order valence-electron chi connectivity index (χ1n) is 6.87. The van der Waals surface area contributed by atoms with Gasteiger partial charge in [0.05, 0.1) is 12.0 Å². The molecule has 6 nitrogen and oxygen atoms in total. The number of aliphatic carboxylic acids is 1. The van der Waals surface area contributed by atoms with E-state index in [9.17, 15) is 14.4 Å². The van der Waals surface area contributed by atoms with Gasteiger partial charge in [-0.05, 0) is 25.0 Å². The number of hydrogen-bond donors (Lipinski definition) is 3. The lowest BCUT2D eigenvalue weighted by molar-refractivity contribution is -0.157. The third-order valence-corrected chi connectivity index (χ3v) is 3.77. The number of para-hydroxylation sites is 1. The summed E-state index contributed by atoms with van der Waals surface area (Å²) < 4.78 is 0. The van der Waals surface area contributed by atoms with Crippen LogP contribution in [0.2, 0.25) is 0 Å². The number of benzene rings is 1. The average molecular weight is 290 g/mol. The molecule has 2 rings (SSSR count). The highest BCUT2D eigenvalue weighted by molar-refractivity contribution is 5.95. The minimum Gasteiger partial charge on any atom is -0.481 e. The van der Waals surface area contributed by atoms with Gasteiger partial charge in [-0.1, -0.05) is 24.6 Å². The van der Waals surface area contributed by atoms with E-state index in [0.717, 1.165) is 6.42 Å². The summed E-state index contributed by atoms with van der Waals surface area (Å²) in [5, 5.41) is 14.3. The van der Waals surface area contributed by atoms with Gasteiger partial charge in [-0.15, -0.1) is 0 Å². The van der Waals surface area contributed by atoms with Crippen molar-refractivity contribution in [1.82, 2.24) is 5.32 Å². The summed E-state index contributed by atoms with van der Waals surface area (Å²) in [5.41, 5.74) is -0.280. The molecule has 0 unspecified atom stereocenters. The topological polar surface area (TPSA) is 95.5 Å². The van der Waals surface area contributed by atoms with Gasteiger partial charge in [-0.3, -0.25) is 14.4 Å². The fourth-order valence-corrected chi connectivity index (χ4v) is 2.35. The van der Waals surface area contributed by atoms with Crippen LogP contribution in [0.1, 0.15) is 25.7 Å². The van der Waals surface area contributed by atoms with Crippen molar-refractivity contribution in [2.45, 2.75) is 25.7 Å². The van der Waals surface area contributed by atoms with Crippen LogP contribution in [0.3, 0.4) is 0 Å². The Labute approximate surface area is 122 Å². The van der Waals surface area contributed by atoms with E-state index >= 15 is 0 Å². The van der Waals surface area contributed by atoms with Crippen molar-refractivity contribution < 1.29 is 19.5 Å². The number of rotatable bonds is 6. The van der Waals surface area contributed by atoms with Gasteiger partial charge in [-0.2, -0.15) is 0 Å². The van der Waals surface area contributed by atoms with Crippen molar-refractivity contribution in [3.05, 3.63) is 30.3 Å². The van der Waals surface area contributed by atoms with Crippen LogP contribution in [0.4, 0.5) is 5.69 Å². The first-order valence-corrected chi connectivity index (χ1v) is 6.87. The number of anilines is 1. The monoisotopic (exact) mass is 290 g/mol. The molecular formula is C15H18N2O4. The second-order valence-corrected chi connectivity index (χ2v) is 5.31. The first-order chi connectivity index (χ1) is 10.0. The normalized spacial score (nSPS) is 15.6. The van der Waals surface area contributed by atoms with E-state index in [0.29, 0.717) is 18.5 Å². The summed E-state index contributed by atoms with van der Waals surface area (Å²) in [6, 6.07) is 8.91. The highest BCUT2D eigenvalue weighted by atomic mass is 16.4. The number of carbonyl (C=O) groups excluding carboxylic acids is 2. The molecule has 0 bridgehead atoms. The van der Waals surface area contributed by atoms with Gasteiger partial charge in [0.25, 0.3) is 0 Å². The molecule has 2 amide bonds. The fraction of sp³-hybridized carbons (Fsp3) is 0.400. The van der Waals surface area contributed by atoms with Gasteiger partial charge in [0, 0.05) is 12.1 Å². The molecule has 0 atom stereocenters. The molecule has 3 N–H and O–H groups in total. The van der Waals surface area contributed by atoms with Crippen LogP contribution in [0.25, 0.3) is 0 Å². The summed E-state index contributed by atoms with van der Waals surface area (Å²) in [5.74, 6) is -1.68. The predicted molar refractivity (Wildman–Crippen MR) is 76.6 cm³/mol. The maximum atomic E-state index is 11.8. The molecule has 21 heavy (non-hydrogen) atoms. The zero-order chi connectivity index (χ0) is 15.3. The lowest BCUT2D eigenvalue weighted by Crippen LogP contribution is -2.43. The van der Waals surface area contributed by atoms with E-state index < -0.39 is 17.3 Å². The van der Waals surface area contributed by atoms with Crippen molar-refractivity contribution in [3.63, 3.8) is 0 Å². The van der Waals surface area contributed by atoms with Gasteiger partial charge >= 0.3 is 5.97 Å². The molecule has 6 heteroatoms. The number of carboxylic acids is 1. The largest absolute Gasteiger partial charge is 0.481 e. The van der Waals surface area contributed by atoms with Crippen LogP contribution >= 0.6 is 0 Å². The van der Waals surface area contributed by atoms with Gasteiger partial charge in [-0.25, -0.2) is 0 Å². The van der Waals surface area contributed by atoms with Crippen LogP contribution in [0.5, 0.6) is 0 Å². The van der Waals surface area contributed by atoms with Gasteiger partial charge in [0.15, 0.2) is 0 Å². The Morgan fingerprint density at radius 2 is 1.76 bits per heavy atom. The van der Waals surface area contributed by atoms with Crippen molar-refractivity contribution in [3.8, 4) is 0 Å². The van der Waals surface area contributed by atoms with Gasteiger partial charge in [0.1, 0.15) is 0 Å². The van der Waals surface area contributed by atoms with Crippen molar-refractivity contribution in [2.75, 3.05) is 11.9 Å².